The maximum absolute atomic E-state index is 12.0. The fourth-order valence-corrected chi connectivity index (χ4v) is 2.16. The van der Waals surface area contributed by atoms with Crippen LogP contribution >= 0.6 is 0 Å². The number of carbonyl (C=O) groups is 1. The van der Waals surface area contributed by atoms with E-state index in [1.807, 2.05) is 0 Å². The van der Waals surface area contributed by atoms with Crippen molar-refractivity contribution >= 4 is 11.6 Å². The number of nitrogens with zero attached hydrogens (tertiary/aromatic N) is 1. The van der Waals surface area contributed by atoms with E-state index in [9.17, 15) is 4.79 Å². The van der Waals surface area contributed by atoms with Gasteiger partial charge in [-0.3, -0.25) is 9.69 Å². The third kappa shape index (κ3) is 3.85. The maximum atomic E-state index is 12.0. The summed E-state index contributed by atoms with van der Waals surface area (Å²) < 4.78 is 10.4. The standard InChI is InChI=1S/C14H21N3O3/c1-19-11-3-4-12(13(9-11)20-2)16-14(18)10-17-7-5-15-6-8-17/h3-4,9,15H,5-8,10H2,1-2H3,(H,16,18). The van der Waals surface area contributed by atoms with Gasteiger partial charge in [0, 0.05) is 32.2 Å². The van der Waals surface area contributed by atoms with Crippen molar-refractivity contribution in [1.82, 2.24) is 10.2 Å². The average molecular weight is 279 g/mol. The van der Waals surface area contributed by atoms with Gasteiger partial charge in [-0.05, 0) is 12.1 Å². The summed E-state index contributed by atoms with van der Waals surface area (Å²) in [6.45, 7) is 4.05. The van der Waals surface area contributed by atoms with Gasteiger partial charge < -0.3 is 20.1 Å². The fraction of sp³-hybridized carbons (Fsp3) is 0.500. The second kappa shape index (κ2) is 7.12. The number of hydrogen-bond acceptors (Lipinski definition) is 5. The molecule has 0 aliphatic carbocycles. The molecule has 0 unspecified atom stereocenters. The lowest BCUT2D eigenvalue weighted by Gasteiger charge is -2.26. The number of rotatable bonds is 5. The molecular weight excluding hydrogens is 258 g/mol. The number of ether oxygens (including phenoxy) is 2. The molecule has 110 valence electrons. The highest BCUT2D eigenvalue weighted by Gasteiger charge is 2.15. The Morgan fingerprint density at radius 3 is 2.70 bits per heavy atom. The van der Waals surface area contributed by atoms with Crippen LogP contribution in [-0.4, -0.2) is 57.8 Å². The van der Waals surface area contributed by atoms with E-state index in [4.69, 9.17) is 9.47 Å². The van der Waals surface area contributed by atoms with Gasteiger partial charge in [-0.1, -0.05) is 0 Å². The smallest absolute Gasteiger partial charge is 0.238 e. The summed E-state index contributed by atoms with van der Waals surface area (Å²) in [5.41, 5.74) is 0.661. The topological polar surface area (TPSA) is 62.8 Å². The minimum Gasteiger partial charge on any atom is -0.497 e. The first kappa shape index (κ1) is 14.6. The highest BCUT2D eigenvalue weighted by molar-refractivity contribution is 5.93. The van der Waals surface area contributed by atoms with Crippen molar-refractivity contribution in [3.63, 3.8) is 0 Å². The van der Waals surface area contributed by atoms with Crippen LogP contribution < -0.4 is 20.1 Å². The molecule has 6 nitrogen and oxygen atoms in total. The van der Waals surface area contributed by atoms with Crippen LogP contribution in [0, 0.1) is 0 Å². The van der Waals surface area contributed by atoms with Crippen LogP contribution in [0.15, 0.2) is 18.2 Å². The molecule has 0 radical (unpaired) electrons. The molecule has 2 N–H and O–H groups in total. The molecule has 1 aromatic rings. The van der Waals surface area contributed by atoms with E-state index in [-0.39, 0.29) is 5.91 Å². The number of hydrogen-bond donors (Lipinski definition) is 2. The number of methoxy groups -OCH3 is 2. The monoisotopic (exact) mass is 279 g/mol. The lowest BCUT2D eigenvalue weighted by atomic mass is 10.2. The van der Waals surface area contributed by atoms with E-state index in [0.717, 1.165) is 26.2 Å². The van der Waals surface area contributed by atoms with Crippen LogP contribution in [0.25, 0.3) is 0 Å². The van der Waals surface area contributed by atoms with Gasteiger partial charge in [-0.25, -0.2) is 0 Å². The minimum absolute atomic E-state index is 0.0321. The van der Waals surface area contributed by atoms with Crippen molar-refractivity contribution in [3.8, 4) is 11.5 Å². The number of amides is 1. The number of anilines is 1. The molecule has 1 heterocycles. The summed E-state index contributed by atoms with van der Waals surface area (Å²) in [6.07, 6.45) is 0. The summed E-state index contributed by atoms with van der Waals surface area (Å²) in [7, 11) is 3.16. The van der Waals surface area contributed by atoms with Gasteiger partial charge in [0.25, 0.3) is 0 Å². The van der Waals surface area contributed by atoms with E-state index in [1.165, 1.54) is 0 Å². The van der Waals surface area contributed by atoms with Crippen LogP contribution in [0.3, 0.4) is 0 Å². The molecule has 0 bridgehead atoms. The Bertz CT molecular complexity index is 459. The first-order valence-electron chi connectivity index (χ1n) is 6.68. The molecule has 1 aromatic carbocycles. The molecular formula is C14H21N3O3. The van der Waals surface area contributed by atoms with Crippen LogP contribution in [0.4, 0.5) is 5.69 Å². The number of piperazine rings is 1. The minimum atomic E-state index is -0.0321. The Labute approximate surface area is 119 Å². The molecule has 1 amide bonds. The molecule has 1 aliphatic rings. The largest absolute Gasteiger partial charge is 0.497 e. The fourth-order valence-electron chi connectivity index (χ4n) is 2.16. The molecule has 6 heteroatoms. The third-order valence-electron chi connectivity index (χ3n) is 3.26. The summed E-state index contributed by atoms with van der Waals surface area (Å²) >= 11 is 0. The lowest BCUT2D eigenvalue weighted by Crippen LogP contribution is -2.46. The van der Waals surface area contributed by atoms with Crippen LogP contribution in [-0.2, 0) is 4.79 Å². The Hall–Kier alpha value is -1.79. The predicted octanol–water partition coefficient (Wildman–Crippen LogP) is 0.547. The Kier molecular flexibility index (Phi) is 5.20. The first-order chi connectivity index (χ1) is 9.72. The van der Waals surface area contributed by atoms with Crippen LogP contribution in [0.2, 0.25) is 0 Å². The summed E-state index contributed by atoms with van der Waals surface area (Å²) in [4.78, 5) is 14.2. The van der Waals surface area contributed by atoms with Gasteiger partial charge in [0.1, 0.15) is 11.5 Å². The van der Waals surface area contributed by atoms with Gasteiger partial charge in [0.05, 0.1) is 26.5 Å². The zero-order valence-electron chi connectivity index (χ0n) is 11.9. The second-order valence-electron chi connectivity index (χ2n) is 4.64. The van der Waals surface area contributed by atoms with Gasteiger partial charge in [-0.2, -0.15) is 0 Å². The first-order valence-corrected chi connectivity index (χ1v) is 6.68. The molecule has 1 fully saturated rings. The Morgan fingerprint density at radius 1 is 1.30 bits per heavy atom. The van der Waals surface area contributed by atoms with Gasteiger partial charge in [0.2, 0.25) is 5.91 Å². The van der Waals surface area contributed by atoms with Gasteiger partial charge in [0.15, 0.2) is 0 Å². The Balaban J connectivity index is 1.96. The average Bonchev–Trinajstić information content (AvgIpc) is 2.48. The molecule has 20 heavy (non-hydrogen) atoms. The maximum Gasteiger partial charge on any atom is 0.238 e. The van der Waals surface area contributed by atoms with E-state index in [2.05, 4.69) is 15.5 Å². The van der Waals surface area contributed by atoms with Crippen LogP contribution in [0.1, 0.15) is 0 Å². The third-order valence-corrected chi connectivity index (χ3v) is 3.26. The molecule has 2 rings (SSSR count). The highest BCUT2D eigenvalue weighted by atomic mass is 16.5. The van der Waals surface area contributed by atoms with E-state index >= 15 is 0 Å². The van der Waals surface area contributed by atoms with Gasteiger partial charge in [-0.15, -0.1) is 0 Å². The van der Waals surface area contributed by atoms with E-state index in [1.54, 1.807) is 32.4 Å². The molecule has 1 saturated heterocycles. The lowest BCUT2D eigenvalue weighted by molar-refractivity contribution is -0.117. The summed E-state index contributed by atoms with van der Waals surface area (Å²) in [5, 5.41) is 6.14. The van der Waals surface area contributed by atoms with Crippen molar-refractivity contribution in [2.45, 2.75) is 0 Å². The zero-order chi connectivity index (χ0) is 14.4. The van der Waals surface area contributed by atoms with Crippen molar-refractivity contribution < 1.29 is 14.3 Å². The van der Waals surface area contributed by atoms with Gasteiger partial charge >= 0.3 is 0 Å². The van der Waals surface area contributed by atoms with Crippen LogP contribution in [0.5, 0.6) is 11.5 Å². The SMILES string of the molecule is COc1ccc(NC(=O)CN2CCNCC2)c(OC)c1. The van der Waals surface area contributed by atoms with Crippen molar-refractivity contribution in [3.05, 3.63) is 18.2 Å². The van der Waals surface area contributed by atoms with E-state index in [0.29, 0.717) is 23.7 Å². The quantitative estimate of drug-likeness (QED) is 0.824. The number of nitrogens with one attached hydrogen (secondary N) is 2. The molecule has 0 saturated carbocycles. The zero-order valence-corrected chi connectivity index (χ0v) is 11.9. The predicted molar refractivity (Wildman–Crippen MR) is 77.5 cm³/mol. The molecule has 0 spiro atoms. The van der Waals surface area contributed by atoms with Crippen molar-refractivity contribution in [1.29, 1.82) is 0 Å². The normalized spacial score (nSPS) is 15.7. The molecule has 0 atom stereocenters. The molecule has 0 aromatic heterocycles. The second-order valence-corrected chi connectivity index (χ2v) is 4.64. The van der Waals surface area contributed by atoms with Crippen molar-refractivity contribution in [2.75, 3.05) is 52.3 Å². The number of benzene rings is 1. The summed E-state index contributed by atoms with van der Waals surface area (Å²) in [6, 6.07) is 5.33. The van der Waals surface area contributed by atoms with Crippen molar-refractivity contribution in [2.24, 2.45) is 0 Å². The molecule has 1 aliphatic heterocycles. The number of carbonyl (C=O) groups excluding carboxylic acids is 1. The van der Waals surface area contributed by atoms with E-state index < -0.39 is 0 Å². The Morgan fingerprint density at radius 2 is 2.05 bits per heavy atom. The summed E-state index contributed by atoms with van der Waals surface area (Å²) in [5.74, 6) is 1.26. The highest BCUT2D eigenvalue weighted by Crippen LogP contribution is 2.28.